The Morgan fingerprint density at radius 1 is 1.35 bits per heavy atom. The van der Waals surface area contributed by atoms with Gasteiger partial charge in [0.05, 0.1) is 18.3 Å². The smallest absolute Gasteiger partial charge is 0.274 e. The molecule has 1 saturated heterocycles. The standard InChI is InChI=1S/C18H23N3O2/c1-13-7-6-10-20(17(13)12-22)18(23)16-11-14(2)21(19-16)15-8-4-3-5-9-15/h3-5,8-9,11,13,17,22H,6-7,10,12H2,1-2H3. The molecule has 2 heterocycles. The number of piperidine rings is 1. The van der Waals surface area contributed by atoms with Crippen LogP contribution < -0.4 is 0 Å². The molecule has 1 aromatic carbocycles. The summed E-state index contributed by atoms with van der Waals surface area (Å²) in [5.41, 5.74) is 2.30. The number of amides is 1. The van der Waals surface area contributed by atoms with Gasteiger partial charge in [0.1, 0.15) is 0 Å². The van der Waals surface area contributed by atoms with Crippen molar-refractivity contribution in [2.45, 2.75) is 32.7 Å². The topological polar surface area (TPSA) is 58.4 Å². The van der Waals surface area contributed by atoms with Crippen LogP contribution >= 0.6 is 0 Å². The number of benzene rings is 1. The third kappa shape index (κ3) is 3.01. The highest BCUT2D eigenvalue weighted by molar-refractivity contribution is 5.92. The quantitative estimate of drug-likeness (QED) is 0.946. The van der Waals surface area contributed by atoms with Gasteiger partial charge < -0.3 is 10.0 Å². The first kappa shape index (κ1) is 15.7. The fourth-order valence-corrected chi connectivity index (χ4v) is 3.34. The molecular weight excluding hydrogens is 290 g/mol. The van der Waals surface area contributed by atoms with E-state index in [1.165, 1.54) is 0 Å². The summed E-state index contributed by atoms with van der Waals surface area (Å²) in [4.78, 5) is 14.6. The lowest BCUT2D eigenvalue weighted by molar-refractivity contribution is 0.0353. The van der Waals surface area contributed by atoms with Crippen molar-refractivity contribution in [2.24, 2.45) is 5.92 Å². The van der Waals surface area contributed by atoms with Crippen molar-refractivity contribution in [3.8, 4) is 5.69 Å². The monoisotopic (exact) mass is 313 g/mol. The second-order valence-electron chi connectivity index (χ2n) is 6.29. The Morgan fingerprint density at radius 3 is 2.78 bits per heavy atom. The van der Waals surface area contributed by atoms with Gasteiger partial charge in [-0.25, -0.2) is 4.68 Å². The number of para-hydroxylation sites is 1. The highest BCUT2D eigenvalue weighted by Crippen LogP contribution is 2.25. The molecule has 1 aromatic heterocycles. The van der Waals surface area contributed by atoms with E-state index in [9.17, 15) is 9.90 Å². The van der Waals surface area contributed by atoms with Gasteiger partial charge in [-0.3, -0.25) is 4.79 Å². The number of rotatable bonds is 3. The van der Waals surface area contributed by atoms with Gasteiger partial charge in [0, 0.05) is 12.2 Å². The van der Waals surface area contributed by atoms with Crippen molar-refractivity contribution in [1.29, 1.82) is 0 Å². The van der Waals surface area contributed by atoms with Crippen LogP contribution in [0.5, 0.6) is 0 Å². The predicted octanol–water partition coefficient (Wildman–Crippen LogP) is 2.41. The number of hydrogen-bond donors (Lipinski definition) is 1. The lowest BCUT2D eigenvalue weighted by Crippen LogP contribution is -2.49. The molecular formula is C18H23N3O2. The van der Waals surface area contributed by atoms with Crippen LogP contribution in [-0.4, -0.2) is 44.9 Å². The minimum atomic E-state index is -0.113. The number of aliphatic hydroxyl groups is 1. The number of aliphatic hydroxyl groups excluding tert-OH is 1. The first-order chi connectivity index (χ1) is 11.1. The first-order valence-electron chi connectivity index (χ1n) is 8.15. The number of hydrogen-bond acceptors (Lipinski definition) is 3. The van der Waals surface area contributed by atoms with Gasteiger partial charge >= 0.3 is 0 Å². The molecule has 0 radical (unpaired) electrons. The largest absolute Gasteiger partial charge is 0.394 e. The molecule has 0 aliphatic carbocycles. The predicted molar refractivity (Wildman–Crippen MR) is 88.6 cm³/mol. The summed E-state index contributed by atoms with van der Waals surface area (Å²) < 4.78 is 1.79. The molecule has 0 spiro atoms. The fourth-order valence-electron chi connectivity index (χ4n) is 3.34. The van der Waals surface area contributed by atoms with E-state index >= 15 is 0 Å². The molecule has 2 aromatic rings. The summed E-state index contributed by atoms with van der Waals surface area (Å²) >= 11 is 0. The molecule has 1 N–H and O–H groups in total. The lowest BCUT2D eigenvalue weighted by Gasteiger charge is -2.38. The third-order valence-corrected chi connectivity index (χ3v) is 4.67. The van der Waals surface area contributed by atoms with Crippen LogP contribution in [0.2, 0.25) is 0 Å². The number of nitrogens with zero attached hydrogens (tertiary/aromatic N) is 3. The van der Waals surface area contributed by atoms with E-state index in [2.05, 4.69) is 12.0 Å². The molecule has 1 aliphatic heterocycles. The van der Waals surface area contributed by atoms with Crippen LogP contribution in [0.4, 0.5) is 0 Å². The average Bonchev–Trinajstić information content (AvgIpc) is 2.96. The van der Waals surface area contributed by atoms with Gasteiger partial charge in [0.15, 0.2) is 5.69 Å². The van der Waals surface area contributed by atoms with E-state index in [1.807, 2.05) is 43.3 Å². The van der Waals surface area contributed by atoms with Gasteiger partial charge in [-0.2, -0.15) is 5.10 Å². The minimum absolute atomic E-state index is 0.00524. The Labute approximate surface area is 136 Å². The fraction of sp³-hybridized carbons (Fsp3) is 0.444. The average molecular weight is 313 g/mol. The van der Waals surface area contributed by atoms with Crippen LogP contribution in [0, 0.1) is 12.8 Å². The molecule has 3 rings (SSSR count). The summed E-state index contributed by atoms with van der Waals surface area (Å²) in [7, 11) is 0. The lowest BCUT2D eigenvalue weighted by atomic mass is 9.91. The van der Waals surface area contributed by atoms with E-state index in [4.69, 9.17) is 0 Å². The van der Waals surface area contributed by atoms with Crippen LogP contribution in [0.3, 0.4) is 0 Å². The molecule has 5 nitrogen and oxygen atoms in total. The summed E-state index contributed by atoms with van der Waals surface area (Å²) in [5.74, 6) is 0.225. The number of carbonyl (C=O) groups excluding carboxylic acids is 1. The second-order valence-corrected chi connectivity index (χ2v) is 6.29. The molecule has 5 heteroatoms. The molecule has 0 bridgehead atoms. The van der Waals surface area contributed by atoms with Crippen LogP contribution in [0.15, 0.2) is 36.4 Å². The Bertz CT molecular complexity index is 681. The maximum absolute atomic E-state index is 12.9. The number of likely N-dealkylation sites (tertiary alicyclic amines) is 1. The SMILES string of the molecule is Cc1cc(C(=O)N2CCCC(C)C2CO)nn1-c1ccccc1. The Balaban J connectivity index is 1.88. The van der Waals surface area contributed by atoms with Gasteiger partial charge in [0.2, 0.25) is 0 Å². The molecule has 122 valence electrons. The number of aromatic nitrogens is 2. The molecule has 1 amide bonds. The summed E-state index contributed by atoms with van der Waals surface area (Å²) in [5, 5.41) is 14.1. The molecule has 1 aliphatic rings. The van der Waals surface area contributed by atoms with Crippen LogP contribution in [-0.2, 0) is 0 Å². The van der Waals surface area contributed by atoms with Crippen molar-refractivity contribution in [2.75, 3.05) is 13.2 Å². The van der Waals surface area contributed by atoms with E-state index in [0.29, 0.717) is 18.2 Å². The van der Waals surface area contributed by atoms with Crippen LogP contribution in [0.1, 0.15) is 35.9 Å². The zero-order valence-corrected chi connectivity index (χ0v) is 13.6. The Kier molecular flexibility index (Phi) is 4.48. The normalized spacial score (nSPS) is 21.4. The highest BCUT2D eigenvalue weighted by Gasteiger charge is 2.33. The van der Waals surface area contributed by atoms with E-state index < -0.39 is 0 Å². The summed E-state index contributed by atoms with van der Waals surface area (Å²) in [6.07, 6.45) is 2.02. The zero-order chi connectivity index (χ0) is 16.4. The van der Waals surface area contributed by atoms with Crippen LogP contribution in [0.25, 0.3) is 5.69 Å². The molecule has 2 atom stereocenters. The minimum Gasteiger partial charge on any atom is -0.394 e. The number of aryl methyl sites for hydroxylation is 1. The van der Waals surface area contributed by atoms with Crippen molar-refractivity contribution in [3.05, 3.63) is 47.8 Å². The summed E-state index contributed by atoms with van der Waals surface area (Å²) in [6, 6.07) is 11.5. The van der Waals surface area contributed by atoms with Gasteiger partial charge in [-0.1, -0.05) is 25.1 Å². The summed E-state index contributed by atoms with van der Waals surface area (Å²) in [6.45, 7) is 4.73. The highest BCUT2D eigenvalue weighted by atomic mass is 16.3. The van der Waals surface area contributed by atoms with E-state index in [-0.39, 0.29) is 18.6 Å². The van der Waals surface area contributed by atoms with E-state index in [0.717, 1.165) is 24.2 Å². The van der Waals surface area contributed by atoms with Gasteiger partial charge in [-0.15, -0.1) is 0 Å². The maximum atomic E-state index is 12.9. The first-order valence-corrected chi connectivity index (χ1v) is 8.15. The van der Waals surface area contributed by atoms with Crippen molar-refractivity contribution in [1.82, 2.24) is 14.7 Å². The second kappa shape index (κ2) is 6.54. The van der Waals surface area contributed by atoms with E-state index in [1.54, 1.807) is 9.58 Å². The molecule has 2 unspecified atom stereocenters. The Morgan fingerprint density at radius 2 is 2.09 bits per heavy atom. The van der Waals surface area contributed by atoms with Crippen molar-refractivity contribution >= 4 is 5.91 Å². The molecule has 0 saturated carbocycles. The van der Waals surface area contributed by atoms with Gasteiger partial charge in [0.25, 0.3) is 5.91 Å². The zero-order valence-electron chi connectivity index (χ0n) is 13.6. The van der Waals surface area contributed by atoms with Crippen molar-refractivity contribution in [3.63, 3.8) is 0 Å². The maximum Gasteiger partial charge on any atom is 0.274 e. The number of carbonyl (C=O) groups is 1. The van der Waals surface area contributed by atoms with Gasteiger partial charge in [-0.05, 0) is 43.9 Å². The molecule has 23 heavy (non-hydrogen) atoms. The molecule has 1 fully saturated rings. The Hall–Kier alpha value is -2.14. The third-order valence-electron chi connectivity index (χ3n) is 4.67. The van der Waals surface area contributed by atoms with Crippen molar-refractivity contribution < 1.29 is 9.90 Å².